The van der Waals surface area contributed by atoms with Crippen LogP contribution in [0.2, 0.25) is 0 Å². The van der Waals surface area contributed by atoms with Crippen molar-refractivity contribution in [2.24, 2.45) is 0 Å². The van der Waals surface area contributed by atoms with E-state index < -0.39 is 36.1 Å². The fraction of sp³-hybridized carbons (Fsp3) is 0.234. The second kappa shape index (κ2) is 24.9. The average Bonchev–Trinajstić information content (AvgIpc) is 3.45. The molecular weight excluding hydrogens is 993 g/mol. The zero-order chi connectivity index (χ0) is 55.6. The first-order chi connectivity index (χ1) is 37.4. The molecule has 78 heavy (non-hydrogen) atoms. The number of hydrogen-bond donors (Lipinski definition) is 1. The molecule has 0 amide bonds. The first kappa shape index (κ1) is 55.4. The van der Waals surface area contributed by atoms with Crippen LogP contribution in [-0.4, -0.2) is 79.2 Å². The van der Waals surface area contributed by atoms with E-state index in [1.165, 1.54) is 13.8 Å². The quantitative estimate of drug-likeness (QED) is 0.0178. The molecule has 398 valence electrons. The number of ether oxygens (including phenoxy) is 6. The molecule has 1 N–H and O–H groups in total. The maximum absolute atomic E-state index is 14.5. The topological polar surface area (TPSA) is 195 Å². The molecule has 2 aliphatic carbocycles. The number of carbonyl (C=O) groups is 7. The van der Waals surface area contributed by atoms with Gasteiger partial charge in [0.05, 0.1) is 25.9 Å². The molecule has 2 aliphatic rings. The van der Waals surface area contributed by atoms with Crippen LogP contribution in [0.1, 0.15) is 108 Å². The van der Waals surface area contributed by atoms with E-state index in [1.807, 2.05) is 123 Å². The highest BCUT2D eigenvalue weighted by atomic mass is 16.6. The Bertz CT molecular complexity index is 3520. The van der Waals surface area contributed by atoms with Crippen LogP contribution in [0.3, 0.4) is 0 Å². The van der Waals surface area contributed by atoms with E-state index in [0.717, 1.165) is 54.9 Å². The van der Waals surface area contributed by atoms with E-state index >= 15 is 0 Å². The van der Waals surface area contributed by atoms with Gasteiger partial charge in [-0.1, -0.05) is 124 Å². The molecule has 0 radical (unpaired) electrons. The van der Waals surface area contributed by atoms with Crippen LogP contribution < -0.4 is 9.47 Å². The summed E-state index contributed by atoms with van der Waals surface area (Å²) in [4.78, 5) is 89.6. The molecule has 0 spiro atoms. The van der Waals surface area contributed by atoms with Gasteiger partial charge in [-0.15, -0.1) is 0 Å². The summed E-state index contributed by atoms with van der Waals surface area (Å²) in [6.07, 6.45) is 2.10. The van der Waals surface area contributed by atoms with Gasteiger partial charge >= 0.3 is 29.8 Å². The molecule has 14 heteroatoms. The smallest absolute Gasteiger partial charge is 0.333 e. The second-order valence-electron chi connectivity index (χ2n) is 19.1. The van der Waals surface area contributed by atoms with Crippen molar-refractivity contribution >= 4 is 74.1 Å². The summed E-state index contributed by atoms with van der Waals surface area (Å²) >= 11 is 0. The zero-order valence-corrected chi connectivity index (χ0v) is 43.8. The lowest BCUT2D eigenvalue weighted by Gasteiger charge is -2.28. The molecular formula is C64H58O14. The summed E-state index contributed by atoms with van der Waals surface area (Å²) in [5.74, 6) is -3.27. The van der Waals surface area contributed by atoms with Gasteiger partial charge in [0.15, 0.2) is 17.9 Å². The van der Waals surface area contributed by atoms with Crippen LogP contribution in [0.25, 0.3) is 32.7 Å². The number of carbonyl (C=O) groups excluding carboxylic acids is 7. The van der Waals surface area contributed by atoms with Crippen molar-refractivity contribution < 1.29 is 67.1 Å². The van der Waals surface area contributed by atoms with Gasteiger partial charge in [-0.3, -0.25) is 24.0 Å². The third kappa shape index (κ3) is 13.2. The molecule has 0 fully saturated rings. The Hall–Kier alpha value is -8.85. The first-order valence-corrected chi connectivity index (χ1v) is 25.5. The number of aliphatic hydroxyl groups excluding tert-OH is 1. The van der Waals surface area contributed by atoms with Gasteiger partial charge in [0.2, 0.25) is 0 Å². The van der Waals surface area contributed by atoms with Crippen LogP contribution >= 0.6 is 0 Å². The molecule has 8 rings (SSSR count). The Balaban J connectivity index is 0.987. The van der Waals surface area contributed by atoms with Gasteiger partial charge in [-0.25, -0.2) is 9.59 Å². The maximum atomic E-state index is 14.5. The van der Waals surface area contributed by atoms with Gasteiger partial charge in [-0.05, 0) is 105 Å². The minimum atomic E-state index is -1.25. The van der Waals surface area contributed by atoms with Crippen LogP contribution in [0.5, 0.6) is 11.5 Å². The number of benzene rings is 6. The zero-order valence-electron chi connectivity index (χ0n) is 43.8. The third-order valence-corrected chi connectivity index (χ3v) is 13.4. The monoisotopic (exact) mass is 1050 g/mol. The highest BCUT2D eigenvalue weighted by Gasteiger charge is 2.33. The number of allylic oxidation sites excluding steroid dienone is 6. The Morgan fingerprint density at radius 2 is 0.885 bits per heavy atom. The van der Waals surface area contributed by atoms with Gasteiger partial charge in [0, 0.05) is 51.7 Å². The third-order valence-electron chi connectivity index (χ3n) is 13.4. The molecule has 14 nitrogen and oxygen atoms in total. The van der Waals surface area contributed by atoms with Crippen molar-refractivity contribution in [3.63, 3.8) is 0 Å². The number of esters is 5. The molecule has 6 aromatic carbocycles. The standard InChI is InChI=1S/C64H58O14/c1-37(2)63(71)75-29-27-73-57(65)23-25-59(67)77-47-21-19-43-31-41(15-17-45(43)33-47)39(5)53-35-55(49-11-7-9-13-51(49)61(53)69)56-36-54(62(70)52-14-10-8-12-50(52)56)40(6)42-16-18-46-34-48(22-20-44(46)32-42)78-60(68)26-24-58(66)74-28-30-76-64(72)38(3)4/h7-22,31-36,39-40,57,65H,1,3,23-30H2,2,4-6H3/b56-55+. The Kier molecular flexibility index (Phi) is 17.7. The van der Waals surface area contributed by atoms with Crippen molar-refractivity contribution in [2.45, 2.75) is 71.5 Å². The highest BCUT2D eigenvalue weighted by molar-refractivity contribution is 6.24. The summed E-state index contributed by atoms with van der Waals surface area (Å²) in [5.41, 5.74) is 7.64. The fourth-order valence-electron chi connectivity index (χ4n) is 9.16. The Morgan fingerprint density at radius 1 is 0.487 bits per heavy atom. The Morgan fingerprint density at radius 3 is 1.36 bits per heavy atom. The normalized spacial score (nSPS) is 14.9. The molecule has 3 atom stereocenters. The summed E-state index contributed by atoms with van der Waals surface area (Å²) in [5, 5.41) is 13.5. The van der Waals surface area contributed by atoms with E-state index in [9.17, 15) is 38.7 Å². The van der Waals surface area contributed by atoms with Gasteiger partial charge < -0.3 is 33.5 Å². The number of Topliss-reactive ketones (excluding diaryl/α,β-unsaturated/α-hetero) is 2. The summed E-state index contributed by atoms with van der Waals surface area (Å²) in [6.45, 7) is 13.6. The summed E-state index contributed by atoms with van der Waals surface area (Å²) in [7, 11) is 0. The van der Waals surface area contributed by atoms with Crippen LogP contribution in [0, 0.1) is 0 Å². The van der Waals surface area contributed by atoms with E-state index in [-0.39, 0.29) is 86.7 Å². The fourth-order valence-corrected chi connectivity index (χ4v) is 9.16. The molecule has 3 unspecified atom stereocenters. The molecule has 0 aromatic heterocycles. The van der Waals surface area contributed by atoms with Crippen molar-refractivity contribution in [1.29, 1.82) is 0 Å². The molecule has 0 saturated heterocycles. The summed E-state index contributed by atoms with van der Waals surface area (Å²) in [6, 6.07) is 37.3. The lowest BCUT2D eigenvalue weighted by atomic mass is 9.74. The number of fused-ring (bicyclic) bond motifs is 4. The van der Waals surface area contributed by atoms with Crippen LogP contribution in [0.15, 0.2) is 169 Å². The number of ketones is 2. The molecule has 0 heterocycles. The number of aliphatic hydroxyl groups is 1. The van der Waals surface area contributed by atoms with E-state index in [1.54, 1.807) is 24.3 Å². The molecule has 0 saturated carbocycles. The SMILES string of the molecule is C=C(C)C(=O)OCCOC(=O)CCC(=O)Oc1ccc2cc(C(C)C3=C/C(=C4/C=C(C(C)c5ccc6cc(OC(=O)CCC(O)OCCOC(=O)C(=C)C)ccc6c5)C(=O)c5ccccc54)c4ccccc4C3=O)ccc2c1. The second-order valence-corrected chi connectivity index (χ2v) is 19.1. The molecule has 6 aromatic rings. The summed E-state index contributed by atoms with van der Waals surface area (Å²) < 4.78 is 31.2. The average molecular weight is 1050 g/mol. The molecule has 0 bridgehead atoms. The highest BCUT2D eigenvalue weighted by Crippen LogP contribution is 2.45. The van der Waals surface area contributed by atoms with Gasteiger partial charge in [0.1, 0.15) is 31.3 Å². The van der Waals surface area contributed by atoms with Crippen molar-refractivity contribution in [1.82, 2.24) is 0 Å². The van der Waals surface area contributed by atoms with Crippen LogP contribution in [0.4, 0.5) is 0 Å². The first-order valence-electron chi connectivity index (χ1n) is 25.5. The lowest BCUT2D eigenvalue weighted by Crippen LogP contribution is -2.19. The van der Waals surface area contributed by atoms with Crippen molar-refractivity contribution in [3.8, 4) is 11.5 Å². The minimum Gasteiger partial charge on any atom is -0.462 e. The van der Waals surface area contributed by atoms with Gasteiger partial charge in [-0.2, -0.15) is 0 Å². The van der Waals surface area contributed by atoms with Gasteiger partial charge in [0.25, 0.3) is 0 Å². The lowest BCUT2D eigenvalue weighted by molar-refractivity contribution is -0.151. The number of hydrogen-bond acceptors (Lipinski definition) is 14. The van der Waals surface area contributed by atoms with E-state index in [2.05, 4.69) is 13.2 Å². The predicted octanol–water partition coefficient (Wildman–Crippen LogP) is 11.2. The number of rotatable bonds is 21. The van der Waals surface area contributed by atoms with Crippen molar-refractivity contribution in [2.75, 3.05) is 26.4 Å². The van der Waals surface area contributed by atoms with Crippen LogP contribution in [-0.2, 0) is 42.9 Å². The van der Waals surface area contributed by atoms with Crippen molar-refractivity contribution in [3.05, 3.63) is 202 Å². The molecule has 0 aliphatic heterocycles. The van der Waals surface area contributed by atoms with E-state index in [4.69, 9.17) is 28.4 Å². The predicted molar refractivity (Wildman–Crippen MR) is 293 cm³/mol. The Labute approximate surface area is 451 Å². The largest absolute Gasteiger partial charge is 0.462 e. The minimum absolute atomic E-state index is 0.0211. The maximum Gasteiger partial charge on any atom is 0.333 e. The van der Waals surface area contributed by atoms with E-state index in [0.29, 0.717) is 33.8 Å².